The molecule has 0 saturated carbocycles. The minimum absolute atomic E-state index is 0.222. The van der Waals surface area contributed by atoms with Gasteiger partial charge in [-0.2, -0.15) is 0 Å². The van der Waals surface area contributed by atoms with Crippen molar-refractivity contribution in [2.45, 2.75) is 20.0 Å². The van der Waals surface area contributed by atoms with Gasteiger partial charge in [0, 0.05) is 47.5 Å². The van der Waals surface area contributed by atoms with E-state index in [-0.39, 0.29) is 6.10 Å². The molecule has 1 aliphatic rings. The Kier molecular flexibility index (Phi) is 3.87. The zero-order chi connectivity index (χ0) is 19.3. The van der Waals surface area contributed by atoms with Crippen LogP contribution in [-0.2, 0) is 4.74 Å². The highest BCUT2D eigenvalue weighted by Gasteiger charge is 2.18. The average Bonchev–Trinajstić information content (AvgIpc) is 3.11. The Morgan fingerprint density at radius 2 is 2.07 bits per heavy atom. The van der Waals surface area contributed by atoms with Crippen LogP contribution in [0.2, 0.25) is 0 Å². The van der Waals surface area contributed by atoms with Crippen LogP contribution in [0.1, 0.15) is 12.6 Å². The third kappa shape index (κ3) is 2.82. The molecule has 1 saturated heterocycles. The van der Waals surface area contributed by atoms with Crippen molar-refractivity contribution in [2.75, 3.05) is 30.3 Å². The molecule has 0 aromatic carbocycles. The fraction of sp³-hybridized carbons (Fsp3) is 0.300. The van der Waals surface area contributed by atoms with Crippen molar-refractivity contribution < 1.29 is 4.74 Å². The number of aromatic nitrogens is 5. The van der Waals surface area contributed by atoms with E-state index in [0.717, 1.165) is 53.1 Å². The molecule has 2 N–H and O–H groups in total. The standard InChI is InChI=1S/C20H21N7O/c1-12-10-26(5-6-28-12)14-3-4-19-24-20(25-27(19)11-14)17-9-22-13(2)16-8-23-18(21)7-15(16)17/h3-4,7-9,11-12H,5-6,10H2,1-2H3,(H2,21,23)/t12-/m1/s1. The van der Waals surface area contributed by atoms with E-state index in [0.29, 0.717) is 11.6 Å². The largest absolute Gasteiger partial charge is 0.384 e. The van der Waals surface area contributed by atoms with E-state index in [4.69, 9.17) is 20.6 Å². The Bertz CT molecular complexity index is 1190. The second-order valence-corrected chi connectivity index (χ2v) is 7.16. The summed E-state index contributed by atoms with van der Waals surface area (Å²) in [7, 11) is 0. The molecule has 5 heterocycles. The molecule has 8 heteroatoms. The number of pyridine rings is 3. The third-order valence-electron chi connectivity index (χ3n) is 5.15. The monoisotopic (exact) mass is 375 g/mol. The summed E-state index contributed by atoms with van der Waals surface area (Å²) in [5, 5.41) is 6.62. The summed E-state index contributed by atoms with van der Waals surface area (Å²) in [4.78, 5) is 15.7. The minimum Gasteiger partial charge on any atom is -0.384 e. The first kappa shape index (κ1) is 16.9. The molecule has 0 spiro atoms. The Morgan fingerprint density at radius 3 is 2.93 bits per heavy atom. The highest BCUT2D eigenvalue weighted by atomic mass is 16.5. The predicted octanol–water partition coefficient (Wildman–Crippen LogP) is 2.46. The fourth-order valence-corrected chi connectivity index (χ4v) is 3.69. The van der Waals surface area contributed by atoms with Crippen molar-refractivity contribution in [1.29, 1.82) is 0 Å². The first-order chi connectivity index (χ1) is 13.6. The Hall–Kier alpha value is -3.26. The molecule has 0 radical (unpaired) electrons. The number of fused-ring (bicyclic) bond motifs is 2. The molecule has 0 unspecified atom stereocenters. The average molecular weight is 375 g/mol. The van der Waals surface area contributed by atoms with Crippen molar-refractivity contribution in [2.24, 2.45) is 0 Å². The number of aryl methyl sites for hydroxylation is 1. The molecule has 0 aliphatic carbocycles. The summed E-state index contributed by atoms with van der Waals surface area (Å²) in [6, 6.07) is 5.93. The molecule has 4 aromatic rings. The number of morpholine rings is 1. The second-order valence-electron chi connectivity index (χ2n) is 7.16. The van der Waals surface area contributed by atoms with Gasteiger partial charge in [-0.25, -0.2) is 14.5 Å². The molecular weight excluding hydrogens is 354 g/mol. The van der Waals surface area contributed by atoms with Gasteiger partial charge in [-0.3, -0.25) is 4.98 Å². The van der Waals surface area contributed by atoms with Crippen molar-refractivity contribution in [3.63, 3.8) is 0 Å². The van der Waals surface area contributed by atoms with Gasteiger partial charge in [-0.05, 0) is 32.0 Å². The number of rotatable bonds is 2. The van der Waals surface area contributed by atoms with Crippen LogP contribution in [0.15, 0.2) is 36.8 Å². The first-order valence-electron chi connectivity index (χ1n) is 9.33. The third-order valence-corrected chi connectivity index (χ3v) is 5.15. The molecule has 1 atom stereocenters. The minimum atomic E-state index is 0.222. The van der Waals surface area contributed by atoms with Gasteiger partial charge in [0.2, 0.25) is 0 Å². The maximum atomic E-state index is 5.92. The molecule has 5 rings (SSSR count). The van der Waals surface area contributed by atoms with Crippen LogP contribution in [0.25, 0.3) is 27.8 Å². The zero-order valence-electron chi connectivity index (χ0n) is 15.8. The number of nitrogens with two attached hydrogens (primary N) is 1. The SMILES string of the molecule is Cc1ncc(-c2nc3ccc(N4CCO[C@H](C)C4)cn3n2)c2cc(N)ncc12. The summed E-state index contributed by atoms with van der Waals surface area (Å²) in [6.07, 6.45) is 5.80. The van der Waals surface area contributed by atoms with Crippen molar-refractivity contribution in [1.82, 2.24) is 24.6 Å². The van der Waals surface area contributed by atoms with Gasteiger partial charge in [-0.1, -0.05) is 0 Å². The highest BCUT2D eigenvalue weighted by molar-refractivity contribution is 5.96. The summed E-state index contributed by atoms with van der Waals surface area (Å²) in [6.45, 7) is 6.52. The number of nitrogen functional groups attached to an aromatic ring is 1. The van der Waals surface area contributed by atoms with Crippen LogP contribution in [-0.4, -0.2) is 50.4 Å². The van der Waals surface area contributed by atoms with Gasteiger partial charge < -0.3 is 15.4 Å². The molecular formula is C20H21N7O. The van der Waals surface area contributed by atoms with Gasteiger partial charge in [0.25, 0.3) is 0 Å². The number of hydrogen-bond donors (Lipinski definition) is 1. The quantitative estimate of drug-likeness (QED) is 0.575. The van der Waals surface area contributed by atoms with Crippen LogP contribution in [0.3, 0.4) is 0 Å². The maximum Gasteiger partial charge on any atom is 0.184 e. The first-order valence-corrected chi connectivity index (χ1v) is 9.33. The number of anilines is 2. The maximum absolute atomic E-state index is 5.92. The van der Waals surface area contributed by atoms with Crippen LogP contribution >= 0.6 is 0 Å². The molecule has 0 bridgehead atoms. The molecule has 28 heavy (non-hydrogen) atoms. The second kappa shape index (κ2) is 6.42. The van der Waals surface area contributed by atoms with Crippen LogP contribution < -0.4 is 10.6 Å². The normalized spacial score (nSPS) is 17.5. The molecule has 0 amide bonds. The summed E-state index contributed by atoms with van der Waals surface area (Å²) in [5.74, 6) is 1.09. The highest BCUT2D eigenvalue weighted by Crippen LogP contribution is 2.29. The van der Waals surface area contributed by atoms with Gasteiger partial charge in [0.1, 0.15) is 5.82 Å². The van der Waals surface area contributed by atoms with Crippen LogP contribution in [0, 0.1) is 6.92 Å². The topological polar surface area (TPSA) is 94.5 Å². The Morgan fingerprint density at radius 1 is 1.18 bits per heavy atom. The van der Waals surface area contributed by atoms with E-state index >= 15 is 0 Å². The lowest BCUT2D eigenvalue weighted by Crippen LogP contribution is -2.41. The van der Waals surface area contributed by atoms with Gasteiger partial charge in [0.05, 0.1) is 24.6 Å². The molecule has 1 fully saturated rings. The number of hydrogen-bond acceptors (Lipinski definition) is 7. The summed E-state index contributed by atoms with van der Waals surface area (Å²) >= 11 is 0. The van der Waals surface area contributed by atoms with E-state index < -0.39 is 0 Å². The number of ether oxygens (including phenoxy) is 1. The lowest BCUT2D eigenvalue weighted by molar-refractivity contribution is 0.0532. The molecule has 4 aromatic heterocycles. The predicted molar refractivity (Wildman–Crippen MR) is 108 cm³/mol. The van der Waals surface area contributed by atoms with E-state index in [9.17, 15) is 0 Å². The lowest BCUT2D eigenvalue weighted by atomic mass is 10.1. The fourth-order valence-electron chi connectivity index (χ4n) is 3.69. The summed E-state index contributed by atoms with van der Waals surface area (Å²) in [5.41, 5.74) is 9.56. The Labute approximate surface area is 162 Å². The van der Waals surface area contributed by atoms with Crippen LogP contribution in [0.5, 0.6) is 0 Å². The van der Waals surface area contributed by atoms with Crippen molar-refractivity contribution in [3.05, 3.63) is 42.5 Å². The van der Waals surface area contributed by atoms with E-state index in [1.165, 1.54) is 0 Å². The summed E-state index contributed by atoms with van der Waals surface area (Å²) < 4.78 is 7.46. The van der Waals surface area contributed by atoms with Gasteiger partial charge in [0.15, 0.2) is 11.5 Å². The zero-order valence-corrected chi connectivity index (χ0v) is 15.8. The Balaban J connectivity index is 1.60. The molecule has 142 valence electrons. The molecule has 8 nitrogen and oxygen atoms in total. The van der Waals surface area contributed by atoms with Crippen LogP contribution in [0.4, 0.5) is 11.5 Å². The number of nitrogens with zero attached hydrogens (tertiary/aromatic N) is 6. The van der Waals surface area contributed by atoms with E-state index in [1.807, 2.05) is 29.8 Å². The van der Waals surface area contributed by atoms with Crippen molar-refractivity contribution in [3.8, 4) is 11.4 Å². The van der Waals surface area contributed by atoms with Gasteiger partial charge >= 0.3 is 0 Å². The van der Waals surface area contributed by atoms with E-state index in [2.05, 4.69) is 27.9 Å². The van der Waals surface area contributed by atoms with E-state index in [1.54, 1.807) is 12.4 Å². The van der Waals surface area contributed by atoms with Crippen molar-refractivity contribution >= 4 is 27.9 Å². The molecule has 1 aliphatic heterocycles. The van der Waals surface area contributed by atoms with Gasteiger partial charge in [-0.15, -0.1) is 5.10 Å². The smallest absolute Gasteiger partial charge is 0.184 e. The lowest BCUT2D eigenvalue weighted by Gasteiger charge is -2.32.